The lowest BCUT2D eigenvalue weighted by Crippen LogP contribution is -2.48. The Morgan fingerprint density at radius 1 is 1.39 bits per heavy atom. The number of carbonyl (C=O) groups excluding carboxylic acids is 1. The normalized spacial score (nSPS) is 17.1. The van der Waals surface area contributed by atoms with Gasteiger partial charge in [0.2, 0.25) is 5.91 Å². The largest absolute Gasteiger partial charge is 0.323 e. The third-order valence-corrected chi connectivity index (χ3v) is 3.48. The van der Waals surface area contributed by atoms with E-state index in [2.05, 4.69) is 10.6 Å². The summed E-state index contributed by atoms with van der Waals surface area (Å²) in [6.45, 7) is 0.551. The van der Waals surface area contributed by atoms with E-state index in [0.29, 0.717) is 6.54 Å². The van der Waals surface area contributed by atoms with Crippen molar-refractivity contribution in [3.8, 4) is 0 Å². The number of nitrogens with one attached hydrogen (secondary N) is 2. The van der Waals surface area contributed by atoms with Crippen LogP contribution >= 0.6 is 0 Å². The Balaban J connectivity index is 2.13. The number of carbonyl (C=O) groups is 1. The van der Waals surface area contributed by atoms with E-state index in [4.69, 9.17) is 0 Å². The van der Waals surface area contributed by atoms with Crippen LogP contribution in [0.2, 0.25) is 0 Å². The van der Waals surface area contributed by atoms with E-state index in [-0.39, 0.29) is 11.6 Å². The lowest BCUT2D eigenvalue weighted by Gasteiger charge is -2.40. The van der Waals surface area contributed by atoms with Crippen LogP contribution in [0.3, 0.4) is 0 Å². The van der Waals surface area contributed by atoms with Gasteiger partial charge in [0.25, 0.3) is 0 Å². The fourth-order valence-corrected chi connectivity index (χ4v) is 2.27. The Morgan fingerprint density at radius 2 is 2.11 bits per heavy atom. The van der Waals surface area contributed by atoms with Gasteiger partial charge in [0.15, 0.2) is 0 Å². The van der Waals surface area contributed by atoms with Crippen LogP contribution in [0.15, 0.2) is 18.2 Å². The van der Waals surface area contributed by atoms with Crippen LogP contribution in [0, 0.1) is 17.0 Å². The highest BCUT2D eigenvalue weighted by Crippen LogP contribution is 2.41. The number of anilines is 1. The summed E-state index contributed by atoms with van der Waals surface area (Å²) >= 11 is 0. The van der Waals surface area contributed by atoms with Crippen LogP contribution in [0.4, 0.5) is 14.5 Å². The van der Waals surface area contributed by atoms with E-state index in [1.165, 1.54) is 0 Å². The van der Waals surface area contributed by atoms with Gasteiger partial charge in [0.1, 0.15) is 11.6 Å². The maximum absolute atomic E-state index is 13.4. The molecule has 0 spiro atoms. The zero-order valence-corrected chi connectivity index (χ0v) is 10.2. The molecule has 1 aliphatic carbocycles. The average Bonchev–Trinajstić information content (AvgIpc) is 2.28. The highest BCUT2D eigenvalue weighted by Gasteiger charge is 2.43. The van der Waals surface area contributed by atoms with Crippen molar-refractivity contribution in [3.63, 3.8) is 0 Å². The molecule has 2 N–H and O–H groups in total. The predicted octanol–water partition coefficient (Wildman–Crippen LogP) is 2.29. The fourth-order valence-electron chi connectivity index (χ4n) is 2.27. The third kappa shape index (κ3) is 2.36. The summed E-state index contributed by atoms with van der Waals surface area (Å²) in [5.74, 6) is -1.43. The van der Waals surface area contributed by atoms with Gasteiger partial charge in [0, 0.05) is 12.6 Å². The summed E-state index contributed by atoms with van der Waals surface area (Å²) in [5.41, 5.74) is -0.574. The molecule has 0 atom stereocenters. The highest BCUT2D eigenvalue weighted by atomic mass is 19.1. The number of hydrogen-bond acceptors (Lipinski definition) is 2. The van der Waals surface area contributed by atoms with Crippen LogP contribution in [-0.4, -0.2) is 19.5 Å². The number of hydrogen-bond donors (Lipinski definition) is 2. The first-order valence-corrected chi connectivity index (χ1v) is 5.98. The Hall–Kier alpha value is -1.49. The van der Waals surface area contributed by atoms with Crippen molar-refractivity contribution in [2.24, 2.45) is 5.41 Å². The van der Waals surface area contributed by atoms with Crippen molar-refractivity contribution in [2.75, 3.05) is 18.9 Å². The number of amides is 1. The first kappa shape index (κ1) is 13.0. The molecule has 1 aromatic carbocycles. The minimum Gasteiger partial charge on any atom is -0.323 e. The van der Waals surface area contributed by atoms with Gasteiger partial charge < -0.3 is 10.6 Å². The zero-order valence-electron chi connectivity index (χ0n) is 10.2. The van der Waals surface area contributed by atoms with E-state index < -0.39 is 17.0 Å². The summed E-state index contributed by atoms with van der Waals surface area (Å²) in [6, 6.07) is 3.03. The van der Waals surface area contributed by atoms with Gasteiger partial charge in [-0.1, -0.05) is 6.42 Å². The molecule has 2 rings (SSSR count). The average molecular weight is 254 g/mol. The third-order valence-electron chi connectivity index (χ3n) is 3.48. The molecule has 1 amide bonds. The van der Waals surface area contributed by atoms with Gasteiger partial charge in [-0.25, -0.2) is 8.78 Å². The van der Waals surface area contributed by atoms with Crippen molar-refractivity contribution in [1.82, 2.24) is 5.32 Å². The van der Waals surface area contributed by atoms with Crippen molar-refractivity contribution in [1.29, 1.82) is 0 Å². The van der Waals surface area contributed by atoms with E-state index in [0.717, 1.165) is 37.5 Å². The quantitative estimate of drug-likeness (QED) is 0.865. The van der Waals surface area contributed by atoms with Gasteiger partial charge in [0.05, 0.1) is 11.1 Å². The summed E-state index contributed by atoms with van der Waals surface area (Å²) in [6.07, 6.45) is 2.54. The molecule has 0 bridgehead atoms. The first-order chi connectivity index (χ1) is 8.57. The molecule has 0 unspecified atom stereocenters. The topological polar surface area (TPSA) is 41.1 Å². The predicted molar refractivity (Wildman–Crippen MR) is 65.2 cm³/mol. The van der Waals surface area contributed by atoms with E-state index in [1.807, 2.05) is 0 Å². The van der Waals surface area contributed by atoms with Crippen molar-refractivity contribution >= 4 is 11.6 Å². The standard InChI is InChI=1S/C13H16F2N2O/c1-16-8-13(5-2-6-13)12(18)17-11-7-9(14)3-4-10(11)15/h3-4,7,16H,2,5-6,8H2,1H3,(H,17,18). The van der Waals surface area contributed by atoms with E-state index >= 15 is 0 Å². The molecule has 0 aromatic heterocycles. The number of benzene rings is 1. The lowest BCUT2D eigenvalue weighted by molar-refractivity contribution is -0.129. The second kappa shape index (κ2) is 5.02. The molecular weight excluding hydrogens is 238 g/mol. The van der Waals surface area contributed by atoms with Gasteiger partial charge in [-0.05, 0) is 32.0 Å². The molecule has 1 fully saturated rings. The van der Waals surface area contributed by atoms with Gasteiger partial charge in [-0.3, -0.25) is 4.79 Å². The van der Waals surface area contributed by atoms with Crippen LogP contribution in [-0.2, 0) is 4.79 Å². The molecule has 1 aromatic rings. The minimum absolute atomic E-state index is 0.0950. The molecule has 0 heterocycles. The summed E-state index contributed by atoms with van der Waals surface area (Å²) in [4.78, 5) is 12.1. The molecule has 18 heavy (non-hydrogen) atoms. The lowest BCUT2D eigenvalue weighted by atomic mass is 9.68. The maximum atomic E-state index is 13.4. The van der Waals surface area contributed by atoms with Crippen LogP contribution in [0.25, 0.3) is 0 Å². The molecule has 5 heteroatoms. The Bertz CT molecular complexity index is 458. The molecule has 1 saturated carbocycles. The second-order valence-corrected chi connectivity index (χ2v) is 4.74. The Morgan fingerprint density at radius 3 is 2.67 bits per heavy atom. The van der Waals surface area contributed by atoms with Crippen LogP contribution < -0.4 is 10.6 Å². The Kier molecular flexibility index (Phi) is 3.61. The molecule has 0 radical (unpaired) electrons. The van der Waals surface area contributed by atoms with Crippen molar-refractivity contribution in [2.45, 2.75) is 19.3 Å². The minimum atomic E-state index is -0.622. The first-order valence-electron chi connectivity index (χ1n) is 5.98. The highest BCUT2D eigenvalue weighted by molar-refractivity contribution is 5.96. The smallest absolute Gasteiger partial charge is 0.231 e. The van der Waals surface area contributed by atoms with Crippen molar-refractivity contribution in [3.05, 3.63) is 29.8 Å². The number of halogens is 2. The fraction of sp³-hybridized carbons (Fsp3) is 0.462. The van der Waals surface area contributed by atoms with Gasteiger partial charge in [-0.2, -0.15) is 0 Å². The Labute approximate surface area is 105 Å². The molecule has 1 aliphatic rings. The van der Waals surface area contributed by atoms with Crippen molar-refractivity contribution < 1.29 is 13.6 Å². The van der Waals surface area contributed by atoms with E-state index in [1.54, 1.807) is 7.05 Å². The zero-order chi connectivity index (χ0) is 13.2. The monoisotopic (exact) mass is 254 g/mol. The van der Waals surface area contributed by atoms with E-state index in [9.17, 15) is 13.6 Å². The molecule has 0 aliphatic heterocycles. The number of rotatable bonds is 4. The molecule has 3 nitrogen and oxygen atoms in total. The molecule has 0 saturated heterocycles. The van der Waals surface area contributed by atoms with Crippen LogP contribution in [0.5, 0.6) is 0 Å². The molecular formula is C13H16F2N2O. The maximum Gasteiger partial charge on any atom is 0.231 e. The summed E-state index contributed by atoms with van der Waals surface area (Å²) in [5, 5.41) is 5.46. The van der Waals surface area contributed by atoms with Gasteiger partial charge >= 0.3 is 0 Å². The second-order valence-electron chi connectivity index (χ2n) is 4.74. The van der Waals surface area contributed by atoms with Gasteiger partial charge in [-0.15, -0.1) is 0 Å². The SMILES string of the molecule is CNCC1(C(=O)Nc2cc(F)ccc2F)CCC1. The molecule has 98 valence electrons. The summed E-state index contributed by atoms with van der Waals surface area (Å²) < 4.78 is 26.4. The summed E-state index contributed by atoms with van der Waals surface area (Å²) in [7, 11) is 1.77. The van der Waals surface area contributed by atoms with Crippen LogP contribution in [0.1, 0.15) is 19.3 Å².